The average Bonchev–Trinajstić information content (AvgIpc) is 2.71. The zero-order valence-electron chi connectivity index (χ0n) is 10.3. The van der Waals surface area contributed by atoms with E-state index in [-0.39, 0.29) is 10.6 Å². The first-order valence-electron chi connectivity index (χ1n) is 5.76. The molecule has 7 heteroatoms. The van der Waals surface area contributed by atoms with Crippen LogP contribution in [-0.2, 0) is 0 Å². The molecule has 0 aliphatic carbocycles. The molecule has 1 heterocycles. The molecule has 0 radical (unpaired) electrons. The number of benzene rings is 1. The van der Waals surface area contributed by atoms with Crippen molar-refractivity contribution in [3.63, 3.8) is 0 Å². The molecule has 1 unspecified atom stereocenters. The summed E-state index contributed by atoms with van der Waals surface area (Å²) in [5, 5.41) is 3.44. The summed E-state index contributed by atoms with van der Waals surface area (Å²) in [5.74, 6) is -1.20. The van der Waals surface area contributed by atoms with Gasteiger partial charge in [0.25, 0.3) is 0 Å². The largest absolute Gasteiger partial charge is 0.306 e. The Labute approximate surface area is 138 Å². The first-order valence-corrected chi connectivity index (χ1v) is 8.13. The van der Waals surface area contributed by atoms with Crippen LogP contribution in [0.1, 0.15) is 23.4 Å². The molecule has 1 aromatic carbocycles. The van der Waals surface area contributed by atoms with Gasteiger partial charge in [0.05, 0.1) is 19.9 Å². The van der Waals surface area contributed by atoms with Crippen LogP contribution in [0.2, 0.25) is 10.0 Å². The van der Waals surface area contributed by atoms with Crippen molar-refractivity contribution in [3.05, 3.63) is 54.1 Å². The van der Waals surface area contributed by atoms with Crippen molar-refractivity contribution in [3.8, 4) is 0 Å². The molecule has 1 nitrogen and oxygen atoms in total. The molecule has 2 rings (SSSR count). The first kappa shape index (κ1) is 16.2. The molecule has 0 aliphatic rings. The number of hydrogen-bond donors (Lipinski definition) is 1. The van der Waals surface area contributed by atoms with Gasteiger partial charge < -0.3 is 5.32 Å². The standard InChI is InChI=1S/C13H10BrCl2F2NS/c1-2-19-12(11-5-8(16)13(14)20-11)6-3-10(18)7(15)4-9(6)17/h3-5,12,19H,2H2,1H3. The Morgan fingerprint density at radius 1 is 1.20 bits per heavy atom. The summed E-state index contributed by atoms with van der Waals surface area (Å²) in [6.45, 7) is 2.49. The maximum Gasteiger partial charge on any atom is 0.142 e. The minimum atomic E-state index is -0.646. The lowest BCUT2D eigenvalue weighted by Crippen LogP contribution is -2.22. The molecule has 0 spiro atoms. The van der Waals surface area contributed by atoms with E-state index in [0.29, 0.717) is 11.6 Å². The van der Waals surface area contributed by atoms with Gasteiger partial charge in [0.2, 0.25) is 0 Å². The SMILES string of the molecule is CCNC(c1cc(Cl)c(Br)s1)c1cc(F)c(Cl)cc1F. The third-order valence-electron chi connectivity index (χ3n) is 2.71. The highest BCUT2D eigenvalue weighted by molar-refractivity contribution is 9.11. The molecule has 2 aromatic rings. The van der Waals surface area contributed by atoms with Crippen molar-refractivity contribution in [1.29, 1.82) is 0 Å². The number of halogens is 5. The van der Waals surface area contributed by atoms with Crippen molar-refractivity contribution in [2.75, 3.05) is 6.54 Å². The van der Waals surface area contributed by atoms with Gasteiger partial charge in [-0.25, -0.2) is 8.78 Å². The Kier molecular flexibility index (Phi) is 5.42. The van der Waals surface area contributed by atoms with Crippen molar-refractivity contribution in [2.45, 2.75) is 13.0 Å². The summed E-state index contributed by atoms with van der Waals surface area (Å²) in [6.07, 6.45) is 0. The van der Waals surface area contributed by atoms with E-state index in [4.69, 9.17) is 23.2 Å². The Hall–Kier alpha value is -0.200. The zero-order valence-corrected chi connectivity index (χ0v) is 14.2. The fourth-order valence-electron chi connectivity index (χ4n) is 1.83. The normalized spacial score (nSPS) is 12.7. The van der Waals surface area contributed by atoms with Crippen LogP contribution in [0.15, 0.2) is 22.0 Å². The highest BCUT2D eigenvalue weighted by Gasteiger charge is 2.22. The molecule has 20 heavy (non-hydrogen) atoms. The molecule has 1 N–H and O–H groups in total. The number of nitrogens with one attached hydrogen (secondary N) is 1. The van der Waals surface area contributed by atoms with E-state index in [1.807, 2.05) is 6.92 Å². The van der Waals surface area contributed by atoms with Crippen molar-refractivity contribution < 1.29 is 8.78 Å². The molecule has 1 atom stereocenters. The van der Waals surface area contributed by atoms with Gasteiger partial charge in [-0.05, 0) is 40.7 Å². The molecule has 0 saturated carbocycles. The summed E-state index contributed by atoms with van der Waals surface area (Å²) < 4.78 is 28.4. The van der Waals surface area contributed by atoms with Crippen LogP contribution < -0.4 is 5.32 Å². The minimum absolute atomic E-state index is 0.208. The van der Waals surface area contributed by atoms with E-state index in [1.54, 1.807) is 6.07 Å². The highest BCUT2D eigenvalue weighted by atomic mass is 79.9. The van der Waals surface area contributed by atoms with E-state index < -0.39 is 17.7 Å². The number of rotatable bonds is 4. The van der Waals surface area contributed by atoms with Crippen LogP contribution in [0.25, 0.3) is 0 Å². The van der Waals surface area contributed by atoms with Gasteiger partial charge in [-0.2, -0.15) is 0 Å². The fraction of sp³-hybridized carbons (Fsp3) is 0.231. The minimum Gasteiger partial charge on any atom is -0.306 e. The Balaban J connectivity index is 2.50. The summed E-state index contributed by atoms with van der Waals surface area (Å²) >= 11 is 16.3. The number of thiophene rings is 1. The van der Waals surface area contributed by atoms with Gasteiger partial charge in [-0.15, -0.1) is 11.3 Å². The lowest BCUT2D eigenvalue weighted by Gasteiger charge is -2.18. The van der Waals surface area contributed by atoms with Gasteiger partial charge in [-0.1, -0.05) is 30.1 Å². The molecule has 0 amide bonds. The summed E-state index contributed by atoms with van der Waals surface area (Å²) in [4.78, 5) is 0.796. The van der Waals surface area contributed by atoms with E-state index in [0.717, 1.165) is 20.8 Å². The van der Waals surface area contributed by atoms with Crippen LogP contribution in [-0.4, -0.2) is 6.54 Å². The second-order valence-corrected chi connectivity index (χ2v) is 7.27. The lowest BCUT2D eigenvalue weighted by atomic mass is 10.0. The van der Waals surface area contributed by atoms with E-state index in [1.165, 1.54) is 11.3 Å². The quantitative estimate of drug-likeness (QED) is 0.640. The van der Waals surface area contributed by atoms with Crippen LogP contribution in [0.4, 0.5) is 8.78 Å². The first-order chi connectivity index (χ1) is 9.43. The Morgan fingerprint density at radius 3 is 2.45 bits per heavy atom. The molecule has 0 bridgehead atoms. The van der Waals surface area contributed by atoms with Crippen LogP contribution >= 0.6 is 50.5 Å². The third-order valence-corrected chi connectivity index (χ3v) is 5.54. The summed E-state index contributed by atoms with van der Waals surface area (Å²) in [6, 6.07) is 3.36. The molecular weight excluding hydrogens is 391 g/mol. The van der Waals surface area contributed by atoms with Gasteiger partial charge in [0.1, 0.15) is 11.6 Å². The van der Waals surface area contributed by atoms with E-state index >= 15 is 0 Å². The predicted molar refractivity (Wildman–Crippen MR) is 83.9 cm³/mol. The maximum absolute atomic E-state index is 14.1. The number of hydrogen-bond acceptors (Lipinski definition) is 2. The van der Waals surface area contributed by atoms with Crippen LogP contribution in [0.5, 0.6) is 0 Å². The van der Waals surface area contributed by atoms with E-state index in [2.05, 4.69) is 21.2 Å². The third kappa shape index (κ3) is 3.34. The van der Waals surface area contributed by atoms with Gasteiger partial charge in [0, 0.05) is 10.4 Å². The highest BCUT2D eigenvalue weighted by Crippen LogP contribution is 2.38. The molecular formula is C13H10BrCl2F2NS. The van der Waals surface area contributed by atoms with Crippen LogP contribution in [0, 0.1) is 11.6 Å². The van der Waals surface area contributed by atoms with Gasteiger partial charge >= 0.3 is 0 Å². The second-order valence-electron chi connectivity index (χ2n) is 4.05. The molecule has 0 aliphatic heterocycles. The molecule has 0 fully saturated rings. The van der Waals surface area contributed by atoms with Crippen molar-refractivity contribution >= 4 is 50.5 Å². The summed E-state index contributed by atoms with van der Waals surface area (Å²) in [5.41, 5.74) is 0.208. The van der Waals surface area contributed by atoms with Crippen molar-refractivity contribution in [2.24, 2.45) is 0 Å². The molecule has 0 saturated heterocycles. The molecule has 108 valence electrons. The monoisotopic (exact) mass is 399 g/mol. The van der Waals surface area contributed by atoms with Gasteiger partial charge in [-0.3, -0.25) is 0 Å². The topological polar surface area (TPSA) is 12.0 Å². The predicted octanol–water partition coefficient (Wildman–Crippen LogP) is 5.79. The average molecular weight is 401 g/mol. The fourth-order valence-corrected chi connectivity index (χ4v) is 3.82. The zero-order chi connectivity index (χ0) is 14.9. The second kappa shape index (κ2) is 6.71. The van der Waals surface area contributed by atoms with E-state index in [9.17, 15) is 8.78 Å². The smallest absolute Gasteiger partial charge is 0.142 e. The molecule has 1 aromatic heterocycles. The van der Waals surface area contributed by atoms with Gasteiger partial charge in [0.15, 0.2) is 0 Å². The maximum atomic E-state index is 14.1. The summed E-state index contributed by atoms with van der Waals surface area (Å²) in [7, 11) is 0. The lowest BCUT2D eigenvalue weighted by molar-refractivity contribution is 0.548. The Morgan fingerprint density at radius 2 is 1.90 bits per heavy atom. The van der Waals surface area contributed by atoms with Crippen LogP contribution in [0.3, 0.4) is 0 Å². The van der Waals surface area contributed by atoms with Crippen molar-refractivity contribution in [1.82, 2.24) is 5.32 Å². The Bertz CT molecular complexity index is 614.